The highest BCUT2D eigenvalue weighted by atomic mass is 19.3. The molecule has 0 heterocycles. The van der Waals surface area contributed by atoms with E-state index in [1.165, 1.54) is 0 Å². The second kappa shape index (κ2) is 7.31. The summed E-state index contributed by atoms with van der Waals surface area (Å²) in [6, 6.07) is 0. The highest BCUT2D eigenvalue weighted by Crippen LogP contribution is 2.78. The maximum Gasteiger partial charge on any atom is 0.310 e. The third kappa shape index (κ3) is 2.82. The maximum atomic E-state index is 16.7. The van der Waals surface area contributed by atoms with Gasteiger partial charge in [-0.2, -0.15) is 0 Å². The zero-order valence-corrected chi connectivity index (χ0v) is 22.7. The molecule has 5 aliphatic rings. The normalized spacial score (nSPS) is 54.4. The molecule has 2 nitrogen and oxygen atoms in total. The van der Waals surface area contributed by atoms with E-state index < -0.39 is 39.7 Å². The van der Waals surface area contributed by atoms with E-state index in [9.17, 15) is 9.90 Å². The van der Waals surface area contributed by atoms with Crippen LogP contribution in [0.5, 0.6) is 0 Å². The van der Waals surface area contributed by atoms with E-state index in [4.69, 9.17) is 0 Å². The van der Waals surface area contributed by atoms with Crippen molar-refractivity contribution in [2.24, 2.45) is 56.7 Å². The third-order valence-corrected chi connectivity index (χ3v) is 13.4. The number of fused-ring (bicyclic) bond motifs is 7. The molecule has 5 aliphatic carbocycles. The number of halogens is 3. The van der Waals surface area contributed by atoms with Gasteiger partial charge in [-0.25, -0.2) is 13.2 Å². The monoisotopic (exact) mass is 494 g/mol. The Hall–Kier alpha value is -1.00. The van der Waals surface area contributed by atoms with Crippen LogP contribution in [0.1, 0.15) is 99.8 Å². The summed E-state index contributed by atoms with van der Waals surface area (Å²) in [5, 5.41) is 10.5. The van der Waals surface area contributed by atoms with Gasteiger partial charge in [0.05, 0.1) is 5.41 Å². The number of allylic oxidation sites excluding steroid dienone is 2. The lowest BCUT2D eigenvalue weighted by Gasteiger charge is -2.72. The van der Waals surface area contributed by atoms with E-state index in [1.54, 1.807) is 0 Å². The Labute approximate surface area is 209 Å². The van der Waals surface area contributed by atoms with Crippen LogP contribution in [0, 0.1) is 56.7 Å². The van der Waals surface area contributed by atoms with Gasteiger partial charge in [-0.1, -0.05) is 60.1 Å². The van der Waals surface area contributed by atoms with Crippen molar-refractivity contribution in [1.29, 1.82) is 0 Å². The minimum Gasteiger partial charge on any atom is -0.481 e. The lowest BCUT2D eigenvalue weighted by molar-refractivity contribution is -0.300. The molecule has 0 aromatic carbocycles. The molecule has 10 unspecified atom stereocenters. The van der Waals surface area contributed by atoms with Gasteiger partial charge in [0.25, 0.3) is 5.92 Å². The fraction of sp³-hybridized carbons (Fsp3) is 0.900. The predicted molar refractivity (Wildman–Crippen MR) is 132 cm³/mol. The summed E-state index contributed by atoms with van der Waals surface area (Å²) in [5.41, 5.74) is -3.02. The van der Waals surface area contributed by atoms with Gasteiger partial charge in [0, 0.05) is 17.3 Å². The summed E-state index contributed by atoms with van der Waals surface area (Å²) in [5.74, 6) is -4.00. The maximum absolute atomic E-state index is 16.7. The van der Waals surface area contributed by atoms with E-state index in [0.29, 0.717) is 44.4 Å². The van der Waals surface area contributed by atoms with Crippen molar-refractivity contribution in [3.05, 3.63) is 11.6 Å². The van der Waals surface area contributed by atoms with Gasteiger partial charge in [0.2, 0.25) is 0 Å². The van der Waals surface area contributed by atoms with Crippen LogP contribution in [0.3, 0.4) is 0 Å². The smallest absolute Gasteiger partial charge is 0.310 e. The van der Waals surface area contributed by atoms with E-state index in [2.05, 4.69) is 26.8 Å². The number of hydrogen-bond donors (Lipinski definition) is 1. The van der Waals surface area contributed by atoms with Crippen molar-refractivity contribution in [3.63, 3.8) is 0 Å². The second-order valence-electron chi connectivity index (χ2n) is 14.6. The van der Waals surface area contributed by atoms with Crippen LogP contribution in [0.2, 0.25) is 0 Å². The Kier molecular flexibility index (Phi) is 5.35. The number of carboxylic acids is 1. The van der Waals surface area contributed by atoms with E-state index in [0.717, 1.165) is 12.0 Å². The standard InChI is InChI=1S/C30H45F3O2/c1-17-10-13-29(24(34)35)15-14-27(6)19(23(29)18(17)2)8-9-20-26(5)12-11-22(31)25(3,4)21(26)16-30(32,33)28(20,27)7/h8,17-18,20-23H,9-16H2,1-7H3,(H,34,35). The highest BCUT2D eigenvalue weighted by molar-refractivity contribution is 5.76. The fourth-order valence-electron chi connectivity index (χ4n) is 10.7. The van der Waals surface area contributed by atoms with Crippen molar-refractivity contribution in [2.45, 2.75) is 112 Å². The van der Waals surface area contributed by atoms with Crippen LogP contribution in [0.15, 0.2) is 11.6 Å². The van der Waals surface area contributed by atoms with E-state index in [-0.39, 0.29) is 35.5 Å². The predicted octanol–water partition coefficient (Wildman–Crippen LogP) is 8.31. The first-order valence-electron chi connectivity index (χ1n) is 14.0. The summed E-state index contributed by atoms with van der Waals surface area (Å²) in [6.45, 7) is 14.1. The van der Waals surface area contributed by atoms with Gasteiger partial charge in [-0.05, 0) is 85.4 Å². The number of hydrogen-bond acceptors (Lipinski definition) is 1. The van der Waals surface area contributed by atoms with Crippen LogP contribution in [0.25, 0.3) is 0 Å². The SMILES string of the molecule is CC1CCC2(C(=O)O)CCC3(C)C(=CCC4C5(C)CCC(F)C(C)(C)C5CC(F)(F)C43C)C2C1C. The number of carboxylic acid groups (broad SMARTS) is 1. The first kappa shape index (κ1) is 25.6. The first-order valence-corrected chi connectivity index (χ1v) is 14.0. The molecule has 0 spiro atoms. The fourth-order valence-corrected chi connectivity index (χ4v) is 10.7. The van der Waals surface area contributed by atoms with Crippen LogP contribution >= 0.6 is 0 Å². The molecule has 4 fully saturated rings. The second-order valence-corrected chi connectivity index (χ2v) is 14.6. The summed E-state index contributed by atoms with van der Waals surface area (Å²) in [4.78, 5) is 12.8. The molecule has 198 valence electrons. The molecule has 0 saturated heterocycles. The van der Waals surface area contributed by atoms with Crippen LogP contribution in [-0.4, -0.2) is 23.2 Å². The Morgan fingerprint density at radius 1 is 0.971 bits per heavy atom. The topological polar surface area (TPSA) is 37.3 Å². The van der Waals surface area contributed by atoms with Gasteiger partial charge >= 0.3 is 5.97 Å². The minimum atomic E-state index is -2.95. The molecule has 0 aliphatic heterocycles. The first-order chi connectivity index (χ1) is 16.0. The number of rotatable bonds is 1. The Balaban J connectivity index is 1.69. The molecule has 0 amide bonds. The van der Waals surface area contributed by atoms with Crippen LogP contribution in [-0.2, 0) is 4.79 Å². The molecule has 0 radical (unpaired) electrons. The molecule has 5 heteroatoms. The lowest BCUT2D eigenvalue weighted by atomic mass is 9.32. The van der Waals surface area contributed by atoms with Gasteiger partial charge in [-0.15, -0.1) is 0 Å². The summed E-state index contributed by atoms with van der Waals surface area (Å²) in [7, 11) is 0. The average molecular weight is 495 g/mol. The average Bonchev–Trinajstić information content (AvgIpc) is 2.77. The molecule has 0 aromatic rings. The van der Waals surface area contributed by atoms with Crippen molar-refractivity contribution in [3.8, 4) is 0 Å². The van der Waals surface area contributed by atoms with E-state index >= 15 is 13.2 Å². The number of carbonyl (C=O) groups is 1. The minimum absolute atomic E-state index is 0.146. The molecule has 35 heavy (non-hydrogen) atoms. The number of alkyl halides is 3. The Bertz CT molecular complexity index is 957. The Morgan fingerprint density at radius 3 is 2.26 bits per heavy atom. The quantitative estimate of drug-likeness (QED) is 0.372. The molecule has 0 aromatic heterocycles. The lowest BCUT2D eigenvalue weighted by Crippen LogP contribution is -2.71. The summed E-state index contributed by atoms with van der Waals surface area (Å²) in [6.07, 6.45) is 4.98. The van der Waals surface area contributed by atoms with Crippen molar-refractivity contribution in [2.75, 3.05) is 0 Å². The molecule has 5 rings (SSSR count). The molecule has 4 saturated carbocycles. The van der Waals surface area contributed by atoms with Crippen molar-refractivity contribution >= 4 is 5.97 Å². The molecule has 0 bridgehead atoms. The largest absolute Gasteiger partial charge is 0.481 e. The summed E-state index contributed by atoms with van der Waals surface area (Å²) >= 11 is 0. The molecular weight excluding hydrogens is 449 g/mol. The zero-order chi connectivity index (χ0) is 26.0. The highest BCUT2D eigenvalue weighted by Gasteiger charge is 2.77. The zero-order valence-electron chi connectivity index (χ0n) is 22.7. The van der Waals surface area contributed by atoms with Gasteiger partial charge in [-0.3, -0.25) is 4.79 Å². The molecule has 1 N–H and O–H groups in total. The number of aliphatic carboxylic acids is 1. The summed E-state index contributed by atoms with van der Waals surface area (Å²) < 4.78 is 48.6. The molecule has 10 atom stereocenters. The molecular formula is C30H45F3O2. The van der Waals surface area contributed by atoms with Crippen LogP contribution < -0.4 is 0 Å². The van der Waals surface area contributed by atoms with Crippen molar-refractivity contribution in [1.82, 2.24) is 0 Å². The van der Waals surface area contributed by atoms with Gasteiger partial charge < -0.3 is 5.11 Å². The third-order valence-electron chi connectivity index (χ3n) is 13.4. The Morgan fingerprint density at radius 2 is 1.63 bits per heavy atom. The van der Waals surface area contributed by atoms with Gasteiger partial charge in [0.1, 0.15) is 6.17 Å². The van der Waals surface area contributed by atoms with Crippen LogP contribution in [0.4, 0.5) is 13.2 Å². The van der Waals surface area contributed by atoms with Gasteiger partial charge in [0.15, 0.2) is 0 Å². The van der Waals surface area contributed by atoms with E-state index in [1.807, 2.05) is 27.7 Å². The van der Waals surface area contributed by atoms with Crippen molar-refractivity contribution < 1.29 is 23.1 Å².